The summed E-state index contributed by atoms with van der Waals surface area (Å²) in [4.78, 5) is 12.9. The molecule has 2 rings (SSSR count). The van der Waals surface area contributed by atoms with Crippen LogP contribution in [-0.4, -0.2) is 22.7 Å². The molecule has 13 heavy (non-hydrogen) atoms. The van der Waals surface area contributed by atoms with Crippen LogP contribution in [0.4, 0.5) is 0 Å². The molecule has 0 bridgehead atoms. The highest BCUT2D eigenvalue weighted by molar-refractivity contribution is 5.88. The van der Waals surface area contributed by atoms with Gasteiger partial charge in [-0.05, 0) is 0 Å². The fourth-order valence-corrected chi connectivity index (χ4v) is 1.45. The third kappa shape index (κ3) is 1.14. The number of carbonyl (C=O) groups excluding carboxylic acids is 1. The van der Waals surface area contributed by atoms with Crippen molar-refractivity contribution in [2.24, 2.45) is 0 Å². The lowest BCUT2D eigenvalue weighted by Gasteiger charge is -2.18. The monoisotopic (exact) mass is 181 g/mol. The van der Waals surface area contributed by atoms with E-state index in [0.717, 1.165) is 0 Å². The zero-order chi connectivity index (χ0) is 9.64. The first-order valence-corrected chi connectivity index (χ1v) is 4.07. The van der Waals surface area contributed by atoms with E-state index in [9.17, 15) is 4.79 Å². The fraction of sp³-hybridized carbons (Fsp3) is 0.444. The van der Waals surface area contributed by atoms with E-state index in [4.69, 9.17) is 9.47 Å². The molecule has 2 aliphatic rings. The smallest absolute Gasteiger partial charge is 0.267 e. The van der Waals surface area contributed by atoms with Crippen molar-refractivity contribution < 1.29 is 14.3 Å². The number of carbonyl (C=O) groups is 1. The number of amides is 1. The van der Waals surface area contributed by atoms with Crippen LogP contribution >= 0.6 is 0 Å². The molecule has 1 unspecified atom stereocenters. The van der Waals surface area contributed by atoms with E-state index in [1.807, 2.05) is 0 Å². The van der Waals surface area contributed by atoms with Crippen molar-refractivity contribution in [3.05, 3.63) is 24.7 Å². The van der Waals surface area contributed by atoms with Crippen molar-refractivity contribution in [1.82, 2.24) is 4.90 Å². The average Bonchev–Trinajstić information content (AvgIpc) is 2.47. The lowest BCUT2D eigenvalue weighted by molar-refractivity contribution is -0.157. The summed E-state index contributed by atoms with van der Waals surface area (Å²) in [6.07, 6.45) is 2.47. The van der Waals surface area contributed by atoms with Gasteiger partial charge in [0.15, 0.2) is 11.9 Å². The minimum Gasteiger partial charge on any atom is -0.462 e. The number of fused-ring (bicyclic) bond motifs is 1. The van der Waals surface area contributed by atoms with Crippen molar-refractivity contribution in [1.29, 1.82) is 0 Å². The van der Waals surface area contributed by atoms with Gasteiger partial charge in [-0.25, -0.2) is 0 Å². The van der Waals surface area contributed by atoms with Crippen LogP contribution in [-0.2, 0) is 14.3 Å². The second kappa shape index (κ2) is 2.35. The minimum atomic E-state index is -0.695. The van der Waals surface area contributed by atoms with Crippen LogP contribution in [0, 0.1) is 0 Å². The summed E-state index contributed by atoms with van der Waals surface area (Å²) in [6.45, 7) is 7.06. The third-order valence-corrected chi connectivity index (χ3v) is 1.97. The Morgan fingerprint density at radius 2 is 2.38 bits per heavy atom. The first-order valence-electron chi connectivity index (χ1n) is 4.07. The Hall–Kier alpha value is -1.29. The van der Waals surface area contributed by atoms with Gasteiger partial charge in [-0.3, -0.25) is 9.69 Å². The lowest BCUT2D eigenvalue weighted by atomic mass is 10.3. The molecule has 0 aromatic carbocycles. The SMILES string of the molecule is C=CN1C=C2OC(C)(C)OC2C1=O. The molecule has 1 fully saturated rings. The molecule has 0 radical (unpaired) electrons. The van der Waals surface area contributed by atoms with Crippen molar-refractivity contribution in [3.63, 3.8) is 0 Å². The molecule has 0 saturated carbocycles. The Morgan fingerprint density at radius 3 is 2.92 bits per heavy atom. The van der Waals surface area contributed by atoms with Gasteiger partial charge < -0.3 is 9.47 Å². The second-order valence-corrected chi connectivity index (χ2v) is 3.46. The predicted molar refractivity (Wildman–Crippen MR) is 45.2 cm³/mol. The highest BCUT2D eigenvalue weighted by Gasteiger charge is 2.47. The number of nitrogens with zero attached hydrogens (tertiary/aromatic N) is 1. The third-order valence-electron chi connectivity index (χ3n) is 1.97. The van der Waals surface area contributed by atoms with E-state index in [1.54, 1.807) is 20.0 Å². The van der Waals surface area contributed by atoms with Crippen molar-refractivity contribution in [2.75, 3.05) is 0 Å². The van der Waals surface area contributed by atoms with Gasteiger partial charge in [0.1, 0.15) is 0 Å². The van der Waals surface area contributed by atoms with Gasteiger partial charge >= 0.3 is 0 Å². The Kier molecular flexibility index (Phi) is 1.51. The Morgan fingerprint density at radius 1 is 1.69 bits per heavy atom. The van der Waals surface area contributed by atoms with E-state index < -0.39 is 11.9 Å². The molecule has 0 spiro atoms. The van der Waals surface area contributed by atoms with Crippen LogP contribution in [0.1, 0.15) is 13.8 Å². The van der Waals surface area contributed by atoms with E-state index in [2.05, 4.69) is 6.58 Å². The number of hydrogen-bond acceptors (Lipinski definition) is 3. The van der Waals surface area contributed by atoms with Gasteiger partial charge in [-0.1, -0.05) is 6.58 Å². The Bertz CT molecular complexity index is 306. The number of hydrogen-bond donors (Lipinski definition) is 0. The van der Waals surface area contributed by atoms with Gasteiger partial charge in [0, 0.05) is 20.0 Å². The molecule has 2 aliphatic heterocycles. The summed E-state index contributed by atoms with van der Waals surface area (Å²) >= 11 is 0. The highest BCUT2D eigenvalue weighted by atomic mass is 16.7. The summed E-state index contributed by atoms with van der Waals surface area (Å²) in [5.74, 6) is -0.273. The maximum absolute atomic E-state index is 11.5. The van der Waals surface area contributed by atoms with Crippen molar-refractivity contribution >= 4 is 5.91 Å². The fourth-order valence-electron chi connectivity index (χ4n) is 1.45. The van der Waals surface area contributed by atoms with Crippen LogP contribution in [0.2, 0.25) is 0 Å². The molecule has 0 aliphatic carbocycles. The van der Waals surface area contributed by atoms with Crippen LogP contribution in [0.3, 0.4) is 0 Å². The molecule has 1 amide bonds. The van der Waals surface area contributed by atoms with Crippen LogP contribution in [0.5, 0.6) is 0 Å². The number of ether oxygens (including phenoxy) is 2. The predicted octanol–water partition coefficient (Wildman–Crippen LogP) is 0.965. The second-order valence-electron chi connectivity index (χ2n) is 3.46. The summed E-state index contributed by atoms with van der Waals surface area (Å²) in [5, 5.41) is 0. The molecule has 4 nitrogen and oxygen atoms in total. The van der Waals surface area contributed by atoms with Crippen molar-refractivity contribution in [2.45, 2.75) is 25.7 Å². The molecule has 1 saturated heterocycles. The molecule has 70 valence electrons. The summed E-state index contributed by atoms with van der Waals surface area (Å²) < 4.78 is 10.8. The van der Waals surface area contributed by atoms with E-state index in [0.29, 0.717) is 5.76 Å². The maximum Gasteiger partial charge on any atom is 0.267 e. The van der Waals surface area contributed by atoms with Gasteiger partial charge in [-0.2, -0.15) is 0 Å². The van der Waals surface area contributed by atoms with Gasteiger partial charge in [0.05, 0.1) is 6.20 Å². The number of rotatable bonds is 1. The quantitative estimate of drug-likeness (QED) is 0.605. The van der Waals surface area contributed by atoms with E-state index >= 15 is 0 Å². The molecule has 0 aromatic rings. The molecular weight excluding hydrogens is 170 g/mol. The standard InChI is InChI=1S/C9H11NO3/c1-4-10-5-6-7(8(10)11)13-9(2,3)12-6/h4-5,7H,1H2,2-3H3. The molecule has 4 heteroatoms. The van der Waals surface area contributed by atoms with Crippen LogP contribution in [0.25, 0.3) is 0 Å². The van der Waals surface area contributed by atoms with Crippen LogP contribution < -0.4 is 0 Å². The molecule has 1 atom stereocenters. The summed E-state index contributed by atoms with van der Waals surface area (Å²) in [5.41, 5.74) is 0. The normalized spacial score (nSPS) is 29.7. The Balaban J connectivity index is 2.28. The first-order chi connectivity index (χ1) is 6.03. The van der Waals surface area contributed by atoms with Crippen LogP contribution in [0.15, 0.2) is 24.7 Å². The zero-order valence-electron chi connectivity index (χ0n) is 7.61. The summed E-state index contributed by atoms with van der Waals surface area (Å²) in [6, 6.07) is 0. The molecule has 2 heterocycles. The maximum atomic E-state index is 11.5. The Labute approximate surface area is 76.4 Å². The van der Waals surface area contributed by atoms with E-state index in [-0.39, 0.29) is 5.91 Å². The highest BCUT2D eigenvalue weighted by Crippen LogP contribution is 2.35. The van der Waals surface area contributed by atoms with Crippen molar-refractivity contribution in [3.8, 4) is 0 Å². The topological polar surface area (TPSA) is 38.8 Å². The van der Waals surface area contributed by atoms with Gasteiger partial charge in [0.2, 0.25) is 5.79 Å². The largest absolute Gasteiger partial charge is 0.462 e. The lowest BCUT2D eigenvalue weighted by Crippen LogP contribution is -2.30. The minimum absolute atomic E-state index is 0.143. The first kappa shape index (κ1) is 8.31. The van der Waals surface area contributed by atoms with Gasteiger partial charge in [0.25, 0.3) is 5.91 Å². The molecule has 0 N–H and O–H groups in total. The zero-order valence-corrected chi connectivity index (χ0v) is 7.61. The van der Waals surface area contributed by atoms with Gasteiger partial charge in [-0.15, -0.1) is 0 Å². The van der Waals surface area contributed by atoms with E-state index in [1.165, 1.54) is 11.1 Å². The summed E-state index contributed by atoms with van der Waals surface area (Å²) in [7, 11) is 0. The average molecular weight is 181 g/mol. The molecular formula is C9H11NO3. The molecule has 0 aromatic heterocycles.